The zero-order chi connectivity index (χ0) is 12.1. The van der Waals surface area contributed by atoms with Crippen LogP contribution in [0.1, 0.15) is 42.5 Å². The lowest BCUT2D eigenvalue weighted by Gasteiger charge is -2.21. The van der Waals surface area contributed by atoms with Gasteiger partial charge in [-0.3, -0.25) is 11.3 Å². The van der Waals surface area contributed by atoms with Crippen LogP contribution < -0.4 is 16.0 Å². The molecule has 0 aliphatic heterocycles. The Kier molecular flexibility index (Phi) is 4.77. The van der Waals surface area contributed by atoms with Gasteiger partial charge < -0.3 is 4.74 Å². The SMILES string of the molecule is CCCC(NN)c1c(C)cc(C)cc1OC. The summed E-state index contributed by atoms with van der Waals surface area (Å²) in [7, 11) is 1.71. The molecule has 1 aromatic carbocycles. The number of aryl methyl sites for hydroxylation is 2. The lowest BCUT2D eigenvalue weighted by atomic mass is 9.95. The van der Waals surface area contributed by atoms with Crippen LogP contribution in [-0.2, 0) is 0 Å². The van der Waals surface area contributed by atoms with Crippen LogP contribution in [0.25, 0.3) is 0 Å². The van der Waals surface area contributed by atoms with Gasteiger partial charge in [-0.05, 0) is 37.5 Å². The minimum absolute atomic E-state index is 0.167. The van der Waals surface area contributed by atoms with Crippen molar-refractivity contribution in [2.24, 2.45) is 5.84 Å². The number of hydrogen-bond donors (Lipinski definition) is 2. The third-order valence-corrected chi connectivity index (χ3v) is 2.84. The van der Waals surface area contributed by atoms with E-state index in [1.54, 1.807) is 7.11 Å². The molecule has 0 radical (unpaired) electrons. The average Bonchev–Trinajstić information content (AvgIpc) is 2.25. The van der Waals surface area contributed by atoms with Crippen molar-refractivity contribution < 1.29 is 4.74 Å². The first kappa shape index (κ1) is 13.0. The van der Waals surface area contributed by atoms with Gasteiger partial charge in [-0.1, -0.05) is 19.4 Å². The van der Waals surface area contributed by atoms with E-state index in [-0.39, 0.29) is 6.04 Å². The maximum absolute atomic E-state index is 5.62. The molecule has 0 heterocycles. The number of rotatable bonds is 5. The van der Waals surface area contributed by atoms with E-state index in [1.165, 1.54) is 16.7 Å². The topological polar surface area (TPSA) is 47.3 Å². The number of nitrogens with two attached hydrogens (primary N) is 1. The number of methoxy groups -OCH3 is 1. The molecule has 3 nitrogen and oxygen atoms in total. The molecule has 0 aliphatic carbocycles. The van der Waals surface area contributed by atoms with Crippen molar-refractivity contribution in [2.75, 3.05) is 7.11 Å². The Morgan fingerprint density at radius 1 is 1.38 bits per heavy atom. The van der Waals surface area contributed by atoms with Gasteiger partial charge in [-0.2, -0.15) is 0 Å². The van der Waals surface area contributed by atoms with Gasteiger partial charge in [0.15, 0.2) is 0 Å². The predicted molar refractivity (Wildman–Crippen MR) is 67.4 cm³/mol. The van der Waals surface area contributed by atoms with Gasteiger partial charge in [0.2, 0.25) is 0 Å². The monoisotopic (exact) mass is 222 g/mol. The quantitative estimate of drug-likeness (QED) is 0.594. The highest BCUT2D eigenvalue weighted by Gasteiger charge is 2.16. The van der Waals surface area contributed by atoms with Gasteiger partial charge in [0, 0.05) is 11.6 Å². The number of hydrazine groups is 1. The summed E-state index contributed by atoms with van der Waals surface area (Å²) in [4.78, 5) is 0. The maximum atomic E-state index is 5.62. The standard InChI is InChI=1S/C13H22N2O/c1-5-6-11(15-14)13-10(3)7-9(2)8-12(13)16-4/h7-8,11,15H,5-6,14H2,1-4H3. The Bertz CT molecular complexity index is 350. The van der Waals surface area contributed by atoms with Crippen LogP contribution in [0.2, 0.25) is 0 Å². The summed E-state index contributed by atoms with van der Waals surface area (Å²) in [5.41, 5.74) is 6.50. The van der Waals surface area contributed by atoms with Crippen LogP contribution in [0.4, 0.5) is 0 Å². The molecule has 1 aromatic rings. The molecule has 3 heteroatoms. The summed E-state index contributed by atoms with van der Waals surface area (Å²) in [6, 6.07) is 4.39. The third-order valence-electron chi connectivity index (χ3n) is 2.84. The van der Waals surface area contributed by atoms with Gasteiger partial charge in [0.1, 0.15) is 5.75 Å². The average molecular weight is 222 g/mol. The molecular formula is C13H22N2O. The predicted octanol–water partition coefficient (Wildman–Crippen LogP) is 2.62. The second kappa shape index (κ2) is 5.87. The fourth-order valence-electron chi connectivity index (χ4n) is 2.15. The molecule has 90 valence electrons. The molecule has 1 atom stereocenters. The minimum atomic E-state index is 0.167. The Labute approximate surface area is 98.0 Å². The van der Waals surface area contributed by atoms with E-state index in [2.05, 4.69) is 38.3 Å². The Morgan fingerprint density at radius 3 is 2.56 bits per heavy atom. The summed E-state index contributed by atoms with van der Waals surface area (Å²) >= 11 is 0. The van der Waals surface area contributed by atoms with E-state index in [1.807, 2.05) is 0 Å². The summed E-state index contributed by atoms with van der Waals surface area (Å²) in [6.07, 6.45) is 2.10. The third kappa shape index (κ3) is 2.74. The van der Waals surface area contributed by atoms with Gasteiger partial charge in [-0.15, -0.1) is 0 Å². The van der Waals surface area contributed by atoms with Crippen LogP contribution in [0.15, 0.2) is 12.1 Å². The summed E-state index contributed by atoms with van der Waals surface area (Å²) in [5, 5.41) is 0. The molecule has 0 amide bonds. The number of benzene rings is 1. The van der Waals surface area contributed by atoms with E-state index < -0.39 is 0 Å². The highest BCUT2D eigenvalue weighted by atomic mass is 16.5. The Balaban J connectivity index is 3.18. The molecule has 0 aliphatic rings. The van der Waals surface area contributed by atoms with Gasteiger partial charge in [0.25, 0.3) is 0 Å². The van der Waals surface area contributed by atoms with Crippen molar-refractivity contribution in [3.63, 3.8) is 0 Å². The summed E-state index contributed by atoms with van der Waals surface area (Å²) < 4.78 is 5.44. The summed E-state index contributed by atoms with van der Waals surface area (Å²) in [5.74, 6) is 6.54. The van der Waals surface area contributed by atoms with Crippen LogP contribution in [0.3, 0.4) is 0 Å². The first-order valence-electron chi connectivity index (χ1n) is 5.75. The fourth-order valence-corrected chi connectivity index (χ4v) is 2.15. The maximum Gasteiger partial charge on any atom is 0.124 e. The number of hydrogen-bond acceptors (Lipinski definition) is 3. The molecule has 3 N–H and O–H groups in total. The molecular weight excluding hydrogens is 200 g/mol. The molecule has 0 spiro atoms. The molecule has 0 bridgehead atoms. The second-order valence-corrected chi connectivity index (χ2v) is 4.21. The van der Waals surface area contributed by atoms with Crippen LogP contribution in [-0.4, -0.2) is 7.11 Å². The number of nitrogens with one attached hydrogen (secondary N) is 1. The van der Waals surface area contributed by atoms with Crippen molar-refractivity contribution in [3.8, 4) is 5.75 Å². The highest BCUT2D eigenvalue weighted by Crippen LogP contribution is 2.31. The molecule has 1 unspecified atom stereocenters. The molecule has 0 saturated heterocycles. The second-order valence-electron chi connectivity index (χ2n) is 4.21. The fraction of sp³-hybridized carbons (Fsp3) is 0.538. The van der Waals surface area contributed by atoms with E-state index >= 15 is 0 Å². The minimum Gasteiger partial charge on any atom is -0.496 e. The molecule has 0 aromatic heterocycles. The highest BCUT2D eigenvalue weighted by molar-refractivity contribution is 5.45. The lowest BCUT2D eigenvalue weighted by molar-refractivity contribution is 0.394. The number of ether oxygens (including phenoxy) is 1. The molecule has 0 saturated carbocycles. The first-order valence-corrected chi connectivity index (χ1v) is 5.75. The van der Waals surface area contributed by atoms with Crippen molar-refractivity contribution in [1.82, 2.24) is 5.43 Å². The molecule has 16 heavy (non-hydrogen) atoms. The van der Waals surface area contributed by atoms with E-state index in [9.17, 15) is 0 Å². The van der Waals surface area contributed by atoms with Crippen molar-refractivity contribution in [3.05, 3.63) is 28.8 Å². The normalized spacial score (nSPS) is 12.6. The first-order chi connectivity index (χ1) is 7.63. The van der Waals surface area contributed by atoms with Gasteiger partial charge in [0.05, 0.1) is 7.11 Å². The summed E-state index contributed by atoms with van der Waals surface area (Å²) in [6.45, 7) is 6.33. The largest absolute Gasteiger partial charge is 0.496 e. The lowest BCUT2D eigenvalue weighted by Crippen LogP contribution is -2.28. The molecule has 1 rings (SSSR count). The smallest absolute Gasteiger partial charge is 0.124 e. The Morgan fingerprint density at radius 2 is 2.06 bits per heavy atom. The van der Waals surface area contributed by atoms with Crippen molar-refractivity contribution in [1.29, 1.82) is 0 Å². The van der Waals surface area contributed by atoms with Gasteiger partial charge in [-0.25, -0.2) is 0 Å². The van der Waals surface area contributed by atoms with E-state index in [0.29, 0.717) is 0 Å². The van der Waals surface area contributed by atoms with Crippen molar-refractivity contribution >= 4 is 0 Å². The molecule has 0 fully saturated rings. The van der Waals surface area contributed by atoms with Gasteiger partial charge >= 0.3 is 0 Å². The Hall–Kier alpha value is -1.06. The van der Waals surface area contributed by atoms with Crippen LogP contribution in [0, 0.1) is 13.8 Å². The zero-order valence-corrected chi connectivity index (χ0v) is 10.6. The van der Waals surface area contributed by atoms with E-state index in [4.69, 9.17) is 10.6 Å². The zero-order valence-electron chi connectivity index (χ0n) is 10.6. The van der Waals surface area contributed by atoms with Crippen LogP contribution in [0.5, 0.6) is 5.75 Å². The van der Waals surface area contributed by atoms with Crippen LogP contribution >= 0.6 is 0 Å². The van der Waals surface area contributed by atoms with E-state index in [0.717, 1.165) is 18.6 Å². The van der Waals surface area contributed by atoms with Crippen molar-refractivity contribution in [2.45, 2.75) is 39.7 Å².